The molecule has 0 saturated carbocycles. The van der Waals surface area contributed by atoms with Gasteiger partial charge < -0.3 is 19.0 Å². The molecule has 1 atom stereocenters. The number of hydrogen-bond donors (Lipinski definition) is 1. The molecule has 7 nitrogen and oxygen atoms in total. The Hall–Kier alpha value is -3.84. The van der Waals surface area contributed by atoms with E-state index in [9.17, 15) is 9.90 Å². The minimum atomic E-state index is -0.298. The molecule has 3 heterocycles. The van der Waals surface area contributed by atoms with Crippen molar-refractivity contribution in [2.75, 3.05) is 13.7 Å². The first-order chi connectivity index (χ1) is 16.6. The van der Waals surface area contributed by atoms with E-state index in [1.165, 1.54) is 6.26 Å². The fourth-order valence-electron chi connectivity index (χ4n) is 4.58. The predicted molar refractivity (Wildman–Crippen MR) is 128 cm³/mol. The zero-order chi connectivity index (χ0) is 23.5. The summed E-state index contributed by atoms with van der Waals surface area (Å²) in [5.74, 6) is 1.27. The first kappa shape index (κ1) is 22.0. The molecular weight excluding hydrogens is 432 g/mol. The van der Waals surface area contributed by atoms with Gasteiger partial charge in [-0.25, -0.2) is 0 Å². The number of hydrogen-bond acceptors (Lipinski definition) is 7. The van der Waals surface area contributed by atoms with Crippen LogP contribution >= 0.6 is 0 Å². The average Bonchev–Trinajstić information content (AvgIpc) is 2.88. The van der Waals surface area contributed by atoms with E-state index < -0.39 is 0 Å². The number of aromatic hydroxyl groups is 1. The maximum Gasteiger partial charge on any atom is 0.235 e. The van der Waals surface area contributed by atoms with Crippen molar-refractivity contribution in [2.24, 2.45) is 0 Å². The molecule has 1 fully saturated rings. The maximum absolute atomic E-state index is 13.2. The van der Waals surface area contributed by atoms with Gasteiger partial charge in [0, 0.05) is 31.0 Å². The fraction of sp³-hybridized carbons (Fsp3) is 0.259. The summed E-state index contributed by atoms with van der Waals surface area (Å²) in [6.07, 6.45) is 8.20. The lowest BCUT2D eigenvalue weighted by atomic mass is 9.95. The molecule has 2 aromatic carbocycles. The molecular formula is C27H26N2O5. The third kappa shape index (κ3) is 4.34. The Bertz CT molecular complexity index is 1350. The van der Waals surface area contributed by atoms with Crippen LogP contribution in [0.2, 0.25) is 0 Å². The lowest BCUT2D eigenvalue weighted by molar-refractivity contribution is 0.139. The van der Waals surface area contributed by atoms with Gasteiger partial charge in [0.15, 0.2) is 0 Å². The molecule has 0 spiro atoms. The number of methoxy groups -OCH3 is 1. The van der Waals surface area contributed by atoms with Gasteiger partial charge in [-0.3, -0.25) is 14.7 Å². The SMILES string of the molecule is COc1cccc(Oc2coc3c(CN4CCCC[C@H]4c4cccnc4)c(O)ccc3c2=O)c1. The van der Waals surface area contributed by atoms with Gasteiger partial charge in [-0.05, 0) is 55.3 Å². The van der Waals surface area contributed by atoms with Crippen LogP contribution in [0.4, 0.5) is 0 Å². The first-order valence-electron chi connectivity index (χ1n) is 11.4. The van der Waals surface area contributed by atoms with Crippen LogP contribution < -0.4 is 14.9 Å². The van der Waals surface area contributed by atoms with Crippen LogP contribution in [0.3, 0.4) is 0 Å². The van der Waals surface area contributed by atoms with E-state index in [2.05, 4.69) is 16.0 Å². The maximum atomic E-state index is 13.2. The van der Waals surface area contributed by atoms with Gasteiger partial charge >= 0.3 is 0 Å². The van der Waals surface area contributed by atoms with Crippen molar-refractivity contribution in [1.29, 1.82) is 0 Å². The highest BCUT2D eigenvalue weighted by molar-refractivity contribution is 5.83. The number of piperidine rings is 1. The number of rotatable bonds is 6. The smallest absolute Gasteiger partial charge is 0.235 e. The quantitative estimate of drug-likeness (QED) is 0.413. The zero-order valence-corrected chi connectivity index (χ0v) is 18.9. The number of fused-ring (bicyclic) bond motifs is 1. The van der Waals surface area contributed by atoms with Gasteiger partial charge in [0.05, 0.1) is 18.1 Å². The second kappa shape index (κ2) is 9.57. The normalized spacial score (nSPS) is 16.4. The summed E-state index contributed by atoms with van der Waals surface area (Å²) in [4.78, 5) is 19.8. The number of phenols is 1. The molecule has 1 aliphatic rings. The third-order valence-corrected chi connectivity index (χ3v) is 6.30. The van der Waals surface area contributed by atoms with E-state index in [0.29, 0.717) is 34.6 Å². The third-order valence-electron chi connectivity index (χ3n) is 6.30. The van der Waals surface area contributed by atoms with Gasteiger partial charge in [0.2, 0.25) is 11.2 Å². The topological polar surface area (TPSA) is 85.0 Å². The van der Waals surface area contributed by atoms with Crippen LogP contribution in [-0.4, -0.2) is 28.6 Å². The van der Waals surface area contributed by atoms with Crippen molar-refractivity contribution in [3.05, 3.63) is 88.5 Å². The molecule has 174 valence electrons. The van der Waals surface area contributed by atoms with Crippen molar-refractivity contribution < 1.29 is 19.0 Å². The number of ether oxygens (including phenoxy) is 2. The second-order valence-corrected chi connectivity index (χ2v) is 8.42. The summed E-state index contributed by atoms with van der Waals surface area (Å²) in [5, 5.41) is 11.1. The lowest BCUT2D eigenvalue weighted by Crippen LogP contribution is -2.33. The Labute approximate surface area is 197 Å². The number of phenolic OH excluding ortho intramolecular Hbond substituents is 1. The Morgan fingerprint density at radius 2 is 2.03 bits per heavy atom. The van der Waals surface area contributed by atoms with Crippen LogP contribution in [0, 0.1) is 0 Å². The van der Waals surface area contributed by atoms with Crippen molar-refractivity contribution >= 4 is 11.0 Å². The van der Waals surface area contributed by atoms with E-state index in [1.807, 2.05) is 12.3 Å². The van der Waals surface area contributed by atoms with Crippen molar-refractivity contribution in [3.63, 3.8) is 0 Å². The van der Waals surface area contributed by atoms with Crippen LogP contribution in [-0.2, 0) is 6.54 Å². The molecule has 7 heteroatoms. The number of aromatic nitrogens is 1. The molecule has 2 aromatic heterocycles. The van der Waals surface area contributed by atoms with Crippen LogP contribution in [0.25, 0.3) is 11.0 Å². The lowest BCUT2D eigenvalue weighted by Gasteiger charge is -2.36. The highest BCUT2D eigenvalue weighted by Crippen LogP contribution is 2.36. The van der Waals surface area contributed by atoms with E-state index in [1.54, 1.807) is 49.7 Å². The Kier molecular flexibility index (Phi) is 6.18. The number of nitrogens with zero attached hydrogens (tertiary/aromatic N) is 2. The predicted octanol–water partition coefficient (Wildman–Crippen LogP) is 5.42. The Balaban J connectivity index is 1.48. The highest BCUT2D eigenvalue weighted by atomic mass is 16.5. The molecule has 0 amide bonds. The van der Waals surface area contributed by atoms with Crippen molar-refractivity contribution in [3.8, 4) is 23.0 Å². The Morgan fingerprint density at radius 3 is 2.85 bits per heavy atom. The minimum absolute atomic E-state index is 0.0728. The summed E-state index contributed by atoms with van der Waals surface area (Å²) >= 11 is 0. The summed E-state index contributed by atoms with van der Waals surface area (Å²) in [7, 11) is 1.57. The van der Waals surface area contributed by atoms with Gasteiger partial charge in [-0.2, -0.15) is 0 Å². The summed E-state index contributed by atoms with van der Waals surface area (Å²) in [6, 6.07) is 14.4. The number of likely N-dealkylation sites (tertiary alicyclic amines) is 1. The highest BCUT2D eigenvalue weighted by Gasteiger charge is 2.26. The van der Waals surface area contributed by atoms with Gasteiger partial charge in [-0.1, -0.05) is 18.6 Å². The fourth-order valence-corrected chi connectivity index (χ4v) is 4.58. The average molecular weight is 459 g/mol. The molecule has 0 aliphatic carbocycles. The van der Waals surface area contributed by atoms with Gasteiger partial charge in [0.25, 0.3) is 0 Å². The van der Waals surface area contributed by atoms with Gasteiger partial charge in [-0.15, -0.1) is 0 Å². The summed E-state index contributed by atoms with van der Waals surface area (Å²) in [5.41, 5.74) is 1.82. The monoisotopic (exact) mass is 458 g/mol. The minimum Gasteiger partial charge on any atom is -0.507 e. The van der Waals surface area contributed by atoms with Crippen LogP contribution in [0.5, 0.6) is 23.0 Å². The van der Waals surface area contributed by atoms with Crippen molar-refractivity contribution in [1.82, 2.24) is 9.88 Å². The Morgan fingerprint density at radius 1 is 1.15 bits per heavy atom. The first-order valence-corrected chi connectivity index (χ1v) is 11.4. The van der Waals surface area contributed by atoms with Crippen molar-refractivity contribution in [2.45, 2.75) is 31.8 Å². The summed E-state index contributed by atoms with van der Waals surface area (Å²) in [6.45, 7) is 1.35. The van der Waals surface area contributed by atoms with Gasteiger partial charge in [0.1, 0.15) is 29.1 Å². The van der Waals surface area contributed by atoms with E-state index >= 15 is 0 Å². The molecule has 1 N–H and O–H groups in total. The molecule has 4 aromatic rings. The van der Waals surface area contributed by atoms with Crippen LogP contribution in [0.1, 0.15) is 36.4 Å². The molecule has 0 unspecified atom stereocenters. The van der Waals surface area contributed by atoms with E-state index in [0.717, 1.165) is 31.4 Å². The second-order valence-electron chi connectivity index (χ2n) is 8.42. The number of benzene rings is 2. The molecule has 1 aliphatic heterocycles. The standard InChI is InChI=1S/C27H26N2O5/c1-32-19-7-4-8-20(14-19)34-25-17-33-27-21(26(25)31)10-11-24(30)22(27)16-29-13-3-2-9-23(29)18-6-5-12-28-15-18/h4-8,10-12,14-15,17,23,30H,2-3,9,13,16H2,1H3/t23-/m0/s1. The zero-order valence-electron chi connectivity index (χ0n) is 18.9. The van der Waals surface area contributed by atoms with Crippen LogP contribution in [0.15, 0.2) is 76.4 Å². The molecule has 0 bridgehead atoms. The molecule has 34 heavy (non-hydrogen) atoms. The summed E-state index contributed by atoms with van der Waals surface area (Å²) < 4.78 is 16.9. The molecule has 5 rings (SSSR count). The van der Waals surface area contributed by atoms with E-state index in [-0.39, 0.29) is 23.0 Å². The largest absolute Gasteiger partial charge is 0.507 e. The molecule has 0 radical (unpaired) electrons. The van der Waals surface area contributed by atoms with E-state index in [4.69, 9.17) is 13.9 Å². The molecule has 1 saturated heterocycles. The number of pyridine rings is 1.